The Morgan fingerprint density at radius 2 is 2.19 bits per heavy atom. The Morgan fingerprint density at radius 1 is 1.38 bits per heavy atom. The molecule has 0 saturated carbocycles. The number of hydrogen-bond donors (Lipinski definition) is 2. The first kappa shape index (κ1) is 10.6. The van der Waals surface area contributed by atoms with E-state index < -0.39 is 0 Å². The standard InChI is InChI=1S/C11H14N4O/c1-7-5-11(15-14-7)16-10-6-9(8(2)12)3-4-13-10/h3-6,8H,12H2,1-2H3,(H,14,15)/t8-/m0/s1. The van der Waals surface area contributed by atoms with Crippen LogP contribution in [0, 0.1) is 6.92 Å². The Balaban J connectivity index is 2.18. The molecule has 3 N–H and O–H groups in total. The summed E-state index contributed by atoms with van der Waals surface area (Å²) in [6.07, 6.45) is 1.67. The molecule has 84 valence electrons. The van der Waals surface area contributed by atoms with Crippen LogP contribution in [0.5, 0.6) is 11.8 Å². The van der Waals surface area contributed by atoms with Crippen LogP contribution >= 0.6 is 0 Å². The molecule has 0 aliphatic heterocycles. The van der Waals surface area contributed by atoms with Crippen LogP contribution in [-0.4, -0.2) is 15.2 Å². The van der Waals surface area contributed by atoms with Crippen LogP contribution in [0.3, 0.4) is 0 Å². The first-order valence-corrected chi connectivity index (χ1v) is 5.06. The summed E-state index contributed by atoms with van der Waals surface area (Å²) in [5, 5.41) is 6.77. The second kappa shape index (κ2) is 4.32. The van der Waals surface area contributed by atoms with Crippen molar-refractivity contribution >= 4 is 0 Å². The highest BCUT2D eigenvalue weighted by atomic mass is 16.5. The van der Waals surface area contributed by atoms with Crippen molar-refractivity contribution in [3.05, 3.63) is 35.7 Å². The molecule has 5 heteroatoms. The summed E-state index contributed by atoms with van der Waals surface area (Å²) in [6, 6.07) is 5.45. The lowest BCUT2D eigenvalue weighted by atomic mass is 10.1. The first-order chi connectivity index (χ1) is 7.65. The van der Waals surface area contributed by atoms with Gasteiger partial charge in [-0.15, -0.1) is 5.10 Å². The number of ether oxygens (including phenoxy) is 1. The maximum Gasteiger partial charge on any atom is 0.240 e. The number of pyridine rings is 1. The molecule has 0 unspecified atom stereocenters. The number of rotatable bonds is 3. The van der Waals surface area contributed by atoms with Gasteiger partial charge >= 0.3 is 0 Å². The molecule has 2 aromatic rings. The molecular formula is C11H14N4O. The largest absolute Gasteiger partial charge is 0.419 e. The fourth-order valence-corrected chi connectivity index (χ4v) is 1.32. The second-order valence-electron chi connectivity index (χ2n) is 3.71. The van der Waals surface area contributed by atoms with E-state index in [1.807, 2.05) is 26.0 Å². The van der Waals surface area contributed by atoms with Crippen LogP contribution in [-0.2, 0) is 0 Å². The van der Waals surface area contributed by atoms with Gasteiger partial charge in [0.15, 0.2) is 0 Å². The average molecular weight is 218 g/mol. The second-order valence-corrected chi connectivity index (χ2v) is 3.71. The molecular weight excluding hydrogens is 204 g/mol. The molecule has 0 aliphatic carbocycles. The van der Waals surface area contributed by atoms with Gasteiger partial charge in [0.05, 0.1) is 0 Å². The zero-order valence-electron chi connectivity index (χ0n) is 9.27. The van der Waals surface area contributed by atoms with Crippen molar-refractivity contribution in [1.82, 2.24) is 15.2 Å². The van der Waals surface area contributed by atoms with Crippen LogP contribution in [0.2, 0.25) is 0 Å². The number of nitrogens with zero attached hydrogens (tertiary/aromatic N) is 2. The summed E-state index contributed by atoms with van der Waals surface area (Å²) in [7, 11) is 0. The zero-order chi connectivity index (χ0) is 11.5. The summed E-state index contributed by atoms with van der Waals surface area (Å²) in [5.74, 6) is 1.01. The number of aryl methyl sites for hydroxylation is 1. The fraction of sp³-hybridized carbons (Fsp3) is 0.273. The van der Waals surface area contributed by atoms with E-state index in [2.05, 4.69) is 15.2 Å². The quantitative estimate of drug-likeness (QED) is 0.825. The van der Waals surface area contributed by atoms with Crippen molar-refractivity contribution in [1.29, 1.82) is 0 Å². The first-order valence-electron chi connectivity index (χ1n) is 5.06. The third-order valence-electron chi connectivity index (χ3n) is 2.18. The number of hydrogen-bond acceptors (Lipinski definition) is 4. The van der Waals surface area contributed by atoms with Gasteiger partial charge in [0.1, 0.15) is 0 Å². The lowest BCUT2D eigenvalue weighted by Crippen LogP contribution is -2.05. The summed E-state index contributed by atoms with van der Waals surface area (Å²) in [6.45, 7) is 3.82. The molecule has 0 amide bonds. The van der Waals surface area contributed by atoms with Gasteiger partial charge in [0, 0.05) is 30.1 Å². The van der Waals surface area contributed by atoms with Gasteiger partial charge in [0.25, 0.3) is 0 Å². The predicted octanol–water partition coefficient (Wildman–Crippen LogP) is 1.93. The summed E-state index contributed by atoms with van der Waals surface area (Å²) in [5.41, 5.74) is 7.70. The SMILES string of the molecule is Cc1cc(Oc2cc([C@H](C)N)ccn2)n[nH]1. The van der Waals surface area contributed by atoms with Gasteiger partial charge in [-0.1, -0.05) is 0 Å². The lowest BCUT2D eigenvalue weighted by Gasteiger charge is -2.06. The summed E-state index contributed by atoms with van der Waals surface area (Å²) < 4.78 is 5.48. The van der Waals surface area contributed by atoms with Gasteiger partial charge < -0.3 is 10.5 Å². The molecule has 2 rings (SSSR count). The fourth-order valence-electron chi connectivity index (χ4n) is 1.32. The molecule has 0 saturated heterocycles. The molecule has 5 nitrogen and oxygen atoms in total. The van der Waals surface area contributed by atoms with E-state index in [9.17, 15) is 0 Å². The molecule has 16 heavy (non-hydrogen) atoms. The van der Waals surface area contributed by atoms with E-state index in [4.69, 9.17) is 10.5 Å². The predicted molar refractivity (Wildman–Crippen MR) is 60.2 cm³/mol. The van der Waals surface area contributed by atoms with Gasteiger partial charge in [-0.2, -0.15) is 0 Å². The minimum Gasteiger partial charge on any atom is -0.419 e. The van der Waals surface area contributed by atoms with Crippen LogP contribution in [0.4, 0.5) is 0 Å². The highest BCUT2D eigenvalue weighted by Crippen LogP contribution is 2.20. The van der Waals surface area contributed by atoms with Crippen LogP contribution in [0.1, 0.15) is 24.2 Å². The topological polar surface area (TPSA) is 76.8 Å². The van der Waals surface area contributed by atoms with Crippen molar-refractivity contribution in [3.8, 4) is 11.8 Å². The molecule has 0 aliphatic rings. The van der Waals surface area contributed by atoms with E-state index >= 15 is 0 Å². The number of aromatic amines is 1. The zero-order valence-corrected chi connectivity index (χ0v) is 9.27. The van der Waals surface area contributed by atoms with Gasteiger partial charge in [-0.3, -0.25) is 5.10 Å². The van der Waals surface area contributed by atoms with Gasteiger partial charge in [-0.25, -0.2) is 4.98 Å². The highest BCUT2D eigenvalue weighted by Gasteiger charge is 2.05. The van der Waals surface area contributed by atoms with E-state index in [-0.39, 0.29) is 6.04 Å². The molecule has 0 spiro atoms. The van der Waals surface area contributed by atoms with E-state index in [1.165, 1.54) is 0 Å². The maximum absolute atomic E-state index is 5.77. The third kappa shape index (κ3) is 2.38. The Bertz CT molecular complexity index is 478. The van der Waals surface area contributed by atoms with Crippen molar-refractivity contribution < 1.29 is 4.74 Å². The van der Waals surface area contributed by atoms with Crippen LogP contribution in [0.25, 0.3) is 0 Å². The van der Waals surface area contributed by atoms with Crippen LogP contribution in [0.15, 0.2) is 24.4 Å². The molecule has 0 fully saturated rings. The van der Waals surface area contributed by atoms with Crippen LogP contribution < -0.4 is 10.5 Å². The van der Waals surface area contributed by atoms with E-state index in [1.54, 1.807) is 12.3 Å². The van der Waals surface area contributed by atoms with Crippen molar-refractivity contribution in [2.24, 2.45) is 5.73 Å². The highest BCUT2D eigenvalue weighted by molar-refractivity contribution is 5.26. The van der Waals surface area contributed by atoms with E-state index in [0.717, 1.165) is 11.3 Å². The Morgan fingerprint density at radius 3 is 2.81 bits per heavy atom. The number of nitrogens with two attached hydrogens (primary N) is 1. The van der Waals surface area contributed by atoms with Gasteiger partial charge in [0.2, 0.25) is 11.8 Å². The Hall–Kier alpha value is -1.88. The van der Waals surface area contributed by atoms with Gasteiger partial charge in [-0.05, 0) is 25.5 Å². The minimum absolute atomic E-state index is 0.0359. The van der Waals surface area contributed by atoms with Crippen molar-refractivity contribution in [3.63, 3.8) is 0 Å². The van der Waals surface area contributed by atoms with E-state index in [0.29, 0.717) is 11.8 Å². The smallest absolute Gasteiger partial charge is 0.240 e. The lowest BCUT2D eigenvalue weighted by molar-refractivity contribution is 0.442. The molecule has 2 heterocycles. The number of aromatic nitrogens is 3. The van der Waals surface area contributed by atoms with Crippen molar-refractivity contribution in [2.45, 2.75) is 19.9 Å². The molecule has 1 atom stereocenters. The average Bonchev–Trinajstić information content (AvgIpc) is 2.64. The number of nitrogens with one attached hydrogen (secondary N) is 1. The molecule has 0 aromatic carbocycles. The minimum atomic E-state index is -0.0359. The molecule has 0 bridgehead atoms. The number of H-pyrrole nitrogens is 1. The maximum atomic E-state index is 5.77. The van der Waals surface area contributed by atoms with Crippen molar-refractivity contribution in [2.75, 3.05) is 0 Å². The Kier molecular flexibility index (Phi) is 2.87. The monoisotopic (exact) mass is 218 g/mol. The Labute approximate surface area is 93.7 Å². The summed E-state index contributed by atoms with van der Waals surface area (Å²) in [4.78, 5) is 4.09. The summed E-state index contributed by atoms with van der Waals surface area (Å²) >= 11 is 0. The molecule has 2 aromatic heterocycles. The molecule has 0 radical (unpaired) electrons. The third-order valence-corrected chi connectivity index (χ3v) is 2.18. The normalized spacial score (nSPS) is 12.4.